The maximum atomic E-state index is 13.2. The Labute approximate surface area is 193 Å². The van der Waals surface area contributed by atoms with Crippen molar-refractivity contribution in [1.82, 2.24) is 15.2 Å². The Morgan fingerprint density at radius 1 is 1.24 bits per heavy atom. The number of nitrogens with zero attached hydrogens (tertiary/aromatic N) is 3. The molecule has 1 aromatic carbocycles. The largest absolute Gasteiger partial charge is 0.468 e. The zero-order valence-electron chi connectivity index (χ0n) is 18.4. The smallest absolute Gasteiger partial charge is 0.422 e. The summed E-state index contributed by atoms with van der Waals surface area (Å²) in [7, 11) is 0. The molecule has 1 fully saturated rings. The van der Waals surface area contributed by atoms with Gasteiger partial charge in [0.2, 0.25) is 17.7 Å². The second kappa shape index (κ2) is 8.96. The van der Waals surface area contributed by atoms with Gasteiger partial charge < -0.3 is 15.0 Å². The van der Waals surface area contributed by atoms with Gasteiger partial charge in [0.05, 0.1) is 11.3 Å². The number of carbonyl (C=O) groups is 3. The summed E-state index contributed by atoms with van der Waals surface area (Å²) < 4.78 is 41.6. The summed E-state index contributed by atoms with van der Waals surface area (Å²) >= 11 is 0. The predicted molar refractivity (Wildman–Crippen MR) is 115 cm³/mol. The van der Waals surface area contributed by atoms with Gasteiger partial charge in [0, 0.05) is 38.2 Å². The lowest BCUT2D eigenvalue weighted by Crippen LogP contribution is -2.62. The highest BCUT2D eigenvalue weighted by atomic mass is 19.4. The van der Waals surface area contributed by atoms with Crippen molar-refractivity contribution in [3.63, 3.8) is 0 Å². The molecule has 34 heavy (non-hydrogen) atoms. The Bertz CT molecular complexity index is 1120. The van der Waals surface area contributed by atoms with E-state index in [1.54, 1.807) is 40.1 Å². The molecule has 0 aliphatic carbocycles. The van der Waals surface area contributed by atoms with E-state index in [0.717, 1.165) is 0 Å². The maximum Gasteiger partial charge on any atom is 0.422 e. The summed E-state index contributed by atoms with van der Waals surface area (Å²) in [6.07, 6.45) is -2.42. The van der Waals surface area contributed by atoms with Gasteiger partial charge in [0.15, 0.2) is 6.61 Å². The SMILES string of the molecule is CC12CCC(=O)N1c1ccccc1C(=O)N2CCC(=O)NCc1ccnc(OCC(F)(F)F)c1. The van der Waals surface area contributed by atoms with Crippen molar-refractivity contribution in [3.05, 3.63) is 53.7 Å². The molecule has 0 saturated carbocycles. The lowest BCUT2D eigenvalue weighted by atomic mass is 9.98. The van der Waals surface area contributed by atoms with Crippen LogP contribution in [-0.4, -0.2) is 52.6 Å². The third-order valence-corrected chi connectivity index (χ3v) is 5.98. The van der Waals surface area contributed by atoms with Crippen LogP contribution in [0.15, 0.2) is 42.6 Å². The highest BCUT2D eigenvalue weighted by Gasteiger charge is 2.52. The number of ether oxygens (including phenoxy) is 1. The number of fused-ring (bicyclic) bond motifs is 3. The molecule has 1 saturated heterocycles. The number of aromatic nitrogens is 1. The fourth-order valence-corrected chi connectivity index (χ4v) is 4.34. The van der Waals surface area contributed by atoms with E-state index in [1.165, 1.54) is 12.3 Å². The molecule has 4 rings (SSSR count). The number of pyridine rings is 1. The molecule has 0 bridgehead atoms. The molecule has 1 unspecified atom stereocenters. The van der Waals surface area contributed by atoms with E-state index >= 15 is 0 Å². The van der Waals surface area contributed by atoms with Gasteiger partial charge in [-0.3, -0.25) is 19.3 Å². The molecular formula is C23H23F3N4O4. The molecule has 3 heterocycles. The van der Waals surface area contributed by atoms with Crippen LogP contribution < -0.4 is 15.0 Å². The van der Waals surface area contributed by atoms with Crippen molar-refractivity contribution in [2.24, 2.45) is 0 Å². The second-order valence-electron chi connectivity index (χ2n) is 8.35. The fraction of sp³-hybridized carbons (Fsp3) is 0.391. The monoisotopic (exact) mass is 476 g/mol. The quantitative estimate of drug-likeness (QED) is 0.664. The molecule has 2 aliphatic heterocycles. The van der Waals surface area contributed by atoms with Crippen LogP contribution in [0, 0.1) is 0 Å². The molecule has 2 aromatic rings. The standard InChI is InChI=1S/C23H23F3N4O4/c1-22-9-6-20(32)30(22)17-5-3-2-4-16(17)21(33)29(22)11-8-18(31)28-13-15-7-10-27-19(12-15)34-14-23(24,25)26/h2-5,7,10,12H,6,8-9,11,13-14H2,1H3,(H,28,31). The van der Waals surface area contributed by atoms with Gasteiger partial charge in [-0.05, 0) is 37.1 Å². The Morgan fingerprint density at radius 3 is 2.76 bits per heavy atom. The molecule has 1 atom stereocenters. The molecule has 8 nitrogen and oxygen atoms in total. The van der Waals surface area contributed by atoms with E-state index in [9.17, 15) is 27.6 Å². The lowest BCUT2D eigenvalue weighted by Gasteiger charge is -2.48. The van der Waals surface area contributed by atoms with E-state index in [0.29, 0.717) is 29.7 Å². The van der Waals surface area contributed by atoms with Crippen molar-refractivity contribution in [3.8, 4) is 5.88 Å². The zero-order chi connectivity index (χ0) is 24.5. The number of halogens is 3. The number of hydrogen-bond donors (Lipinski definition) is 1. The average Bonchev–Trinajstić information content (AvgIpc) is 3.11. The van der Waals surface area contributed by atoms with Gasteiger partial charge in [0.25, 0.3) is 5.91 Å². The summed E-state index contributed by atoms with van der Waals surface area (Å²) in [4.78, 5) is 45.2. The van der Waals surface area contributed by atoms with Gasteiger partial charge in [-0.2, -0.15) is 13.2 Å². The first-order valence-electron chi connectivity index (χ1n) is 10.7. The molecule has 0 spiro atoms. The minimum atomic E-state index is -4.48. The summed E-state index contributed by atoms with van der Waals surface area (Å²) in [6, 6.07) is 9.79. The van der Waals surface area contributed by atoms with Gasteiger partial charge in [0.1, 0.15) is 5.66 Å². The van der Waals surface area contributed by atoms with Crippen molar-refractivity contribution in [1.29, 1.82) is 0 Å². The van der Waals surface area contributed by atoms with Crippen molar-refractivity contribution < 1.29 is 32.3 Å². The van der Waals surface area contributed by atoms with Gasteiger partial charge in [-0.1, -0.05) is 12.1 Å². The molecule has 1 aromatic heterocycles. The van der Waals surface area contributed by atoms with Crippen LogP contribution in [0.2, 0.25) is 0 Å². The summed E-state index contributed by atoms with van der Waals surface area (Å²) in [5.74, 6) is -0.850. The van der Waals surface area contributed by atoms with E-state index in [4.69, 9.17) is 0 Å². The van der Waals surface area contributed by atoms with Crippen LogP contribution in [0.4, 0.5) is 18.9 Å². The van der Waals surface area contributed by atoms with Crippen LogP contribution in [0.3, 0.4) is 0 Å². The Hall–Kier alpha value is -3.63. The fourth-order valence-electron chi connectivity index (χ4n) is 4.34. The normalized spacial score (nSPS) is 19.6. The number of anilines is 1. The van der Waals surface area contributed by atoms with Crippen molar-refractivity contribution in [2.75, 3.05) is 18.1 Å². The average molecular weight is 476 g/mol. The van der Waals surface area contributed by atoms with E-state index in [2.05, 4.69) is 15.0 Å². The number of carbonyl (C=O) groups excluding carboxylic acids is 3. The molecule has 3 amide bonds. The number of hydrogen-bond acceptors (Lipinski definition) is 5. The number of rotatable bonds is 7. The minimum Gasteiger partial charge on any atom is -0.468 e. The zero-order valence-corrected chi connectivity index (χ0v) is 18.4. The molecular weight excluding hydrogens is 453 g/mol. The van der Waals surface area contributed by atoms with Crippen LogP contribution in [-0.2, 0) is 16.1 Å². The Kier molecular flexibility index (Phi) is 6.20. The van der Waals surface area contributed by atoms with Gasteiger partial charge in [-0.25, -0.2) is 4.98 Å². The molecule has 11 heteroatoms. The molecule has 0 radical (unpaired) electrons. The number of alkyl halides is 3. The van der Waals surface area contributed by atoms with E-state index in [1.807, 2.05) is 6.92 Å². The number of nitrogens with one attached hydrogen (secondary N) is 1. The van der Waals surface area contributed by atoms with Crippen molar-refractivity contribution >= 4 is 23.4 Å². The Balaban J connectivity index is 1.38. The van der Waals surface area contributed by atoms with Gasteiger partial charge >= 0.3 is 6.18 Å². The Morgan fingerprint density at radius 2 is 2.00 bits per heavy atom. The first kappa shape index (κ1) is 23.5. The highest BCUT2D eigenvalue weighted by Crippen LogP contribution is 2.43. The summed E-state index contributed by atoms with van der Waals surface area (Å²) in [5.41, 5.74) is 0.666. The first-order chi connectivity index (χ1) is 16.1. The molecule has 2 aliphatic rings. The number of benzene rings is 1. The van der Waals surface area contributed by atoms with Crippen LogP contribution in [0.25, 0.3) is 0 Å². The topological polar surface area (TPSA) is 91.8 Å². The van der Waals surface area contributed by atoms with Crippen LogP contribution in [0.1, 0.15) is 42.1 Å². The third kappa shape index (κ3) is 4.68. The van der Waals surface area contributed by atoms with Crippen LogP contribution in [0.5, 0.6) is 5.88 Å². The molecule has 180 valence electrons. The third-order valence-electron chi connectivity index (χ3n) is 5.98. The summed E-state index contributed by atoms with van der Waals surface area (Å²) in [6.45, 7) is 0.530. The van der Waals surface area contributed by atoms with Crippen LogP contribution >= 0.6 is 0 Å². The number of para-hydroxylation sites is 1. The predicted octanol–water partition coefficient (Wildman–Crippen LogP) is 3.03. The highest BCUT2D eigenvalue weighted by molar-refractivity contribution is 6.10. The number of amides is 3. The maximum absolute atomic E-state index is 13.2. The van der Waals surface area contributed by atoms with Crippen molar-refractivity contribution in [2.45, 2.75) is 44.6 Å². The lowest BCUT2D eigenvalue weighted by molar-refractivity contribution is -0.154. The van der Waals surface area contributed by atoms with E-state index in [-0.39, 0.29) is 43.1 Å². The van der Waals surface area contributed by atoms with Gasteiger partial charge in [-0.15, -0.1) is 0 Å². The second-order valence-corrected chi connectivity index (χ2v) is 8.35. The minimum absolute atomic E-state index is 0.00591. The summed E-state index contributed by atoms with van der Waals surface area (Å²) in [5, 5.41) is 2.69. The molecule has 1 N–H and O–H groups in total. The first-order valence-corrected chi connectivity index (χ1v) is 10.7. The van der Waals surface area contributed by atoms with E-state index < -0.39 is 18.4 Å².